The molecule has 0 bridgehead atoms. The normalized spacial score (nSPS) is 10.1. The molecular weight excluding hydrogens is 272 g/mol. The van der Waals surface area contributed by atoms with Gasteiger partial charge in [0.05, 0.1) is 22.7 Å². The Morgan fingerprint density at radius 3 is 2.35 bits per heavy atom. The summed E-state index contributed by atoms with van der Waals surface area (Å²) in [5, 5.41) is 9.25. The molecule has 0 unspecified atom stereocenters. The van der Waals surface area contributed by atoms with Gasteiger partial charge in [0.15, 0.2) is 9.40 Å². The molecule has 1 heterocycles. The highest BCUT2D eigenvalue weighted by Crippen LogP contribution is 2.38. The van der Waals surface area contributed by atoms with Gasteiger partial charge in [-0.25, -0.2) is 0 Å². The van der Waals surface area contributed by atoms with Crippen LogP contribution in [0.25, 0.3) is 19.2 Å². The Bertz CT molecular complexity index is 598. The molecule has 86 valence electrons. The van der Waals surface area contributed by atoms with Gasteiger partial charge in [-0.15, -0.1) is 0 Å². The number of hydrogen-bond acceptors (Lipinski definition) is 2. The zero-order valence-corrected chi connectivity index (χ0v) is 11.1. The van der Waals surface area contributed by atoms with Gasteiger partial charge in [-0.2, -0.15) is 0 Å². The summed E-state index contributed by atoms with van der Waals surface area (Å²) in [4.78, 5) is 0. The van der Waals surface area contributed by atoms with Crippen molar-refractivity contribution in [3.8, 4) is 15.5 Å². The van der Waals surface area contributed by atoms with Crippen molar-refractivity contribution < 1.29 is 17.5 Å². The summed E-state index contributed by atoms with van der Waals surface area (Å²) in [6.07, 6.45) is 0. The van der Waals surface area contributed by atoms with Crippen molar-refractivity contribution >= 4 is 32.1 Å². The standard InChI is InChI=1S/C13H8OS2.ClH/c14-10-7-5-9(6-8-10)13-15-11-3-1-2-4-12(11)16-13;/h1-8H;1H. The number of aromatic hydroxyl groups is 1. The number of hydrogen-bond donors (Lipinski definition) is 1. The molecule has 0 saturated heterocycles. The molecule has 0 atom stereocenters. The Labute approximate surface area is 113 Å². The number of halogens is 1. The van der Waals surface area contributed by atoms with E-state index in [2.05, 4.69) is 24.3 Å². The predicted octanol–water partition coefficient (Wildman–Crippen LogP) is 1.62. The third kappa shape index (κ3) is 2.41. The monoisotopic (exact) mass is 280 g/mol. The molecular formula is C13H9ClOS2. The lowest BCUT2D eigenvalue weighted by Gasteiger charge is -1.90. The van der Waals surface area contributed by atoms with Crippen molar-refractivity contribution in [1.82, 2.24) is 0 Å². The third-order valence-corrected chi connectivity index (χ3v) is 4.98. The summed E-state index contributed by atoms with van der Waals surface area (Å²) in [5.41, 5.74) is 1.17. The first-order chi connectivity index (χ1) is 7.83. The maximum atomic E-state index is 9.25. The molecule has 0 saturated carbocycles. The Morgan fingerprint density at radius 1 is 0.941 bits per heavy atom. The first-order valence-electron chi connectivity index (χ1n) is 4.94. The average Bonchev–Trinajstić information content (AvgIpc) is 2.73. The predicted molar refractivity (Wildman–Crippen MR) is 71.2 cm³/mol. The Balaban J connectivity index is 0.00000108. The molecule has 2 aromatic carbocycles. The zero-order valence-electron chi connectivity index (χ0n) is 8.76. The smallest absolute Gasteiger partial charge is 0.286 e. The molecule has 0 spiro atoms. The van der Waals surface area contributed by atoms with Crippen LogP contribution < -0.4 is 12.4 Å². The molecule has 17 heavy (non-hydrogen) atoms. The zero-order chi connectivity index (χ0) is 11.0. The van der Waals surface area contributed by atoms with E-state index in [4.69, 9.17) is 0 Å². The topological polar surface area (TPSA) is 20.2 Å². The van der Waals surface area contributed by atoms with Gasteiger partial charge >= 0.3 is 0 Å². The molecule has 1 N–H and O–H groups in total. The van der Waals surface area contributed by atoms with Crippen LogP contribution in [0.2, 0.25) is 0 Å². The van der Waals surface area contributed by atoms with Crippen LogP contribution in [-0.4, -0.2) is 5.11 Å². The molecule has 1 aromatic heterocycles. The minimum Gasteiger partial charge on any atom is -1.00 e. The number of phenols is 1. The Morgan fingerprint density at radius 2 is 1.65 bits per heavy atom. The number of benzene rings is 2. The van der Waals surface area contributed by atoms with E-state index < -0.39 is 0 Å². The lowest BCUT2D eigenvalue weighted by Crippen LogP contribution is -3.00. The van der Waals surface area contributed by atoms with Crippen LogP contribution in [0.15, 0.2) is 48.5 Å². The fraction of sp³-hybridized carbons (Fsp3) is 0. The van der Waals surface area contributed by atoms with E-state index in [9.17, 15) is 5.11 Å². The fourth-order valence-corrected chi connectivity index (χ4v) is 4.05. The highest BCUT2D eigenvalue weighted by molar-refractivity contribution is 7.43. The second kappa shape index (κ2) is 5.00. The van der Waals surface area contributed by atoms with E-state index >= 15 is 0 Å². The maximum absolute atomic E-state index is 9.25. The second-order valence-electron chi connectivity index (χ2n) is 3.49. The van der Waals surface area contributed by atoms with Crippen molar-refractivity contribution in [3.05, 3.63) is 48.5 Å². The second-order valence-corrected chi connectivity index (χ2v) is 5.85. The minimum absolute atomic E-state index is 0. The van der Waals surface area contributed by atoms with Crippen LogP contribution in [-0.2, 0) is 0 Å². The molecule has 0 amide bonds. The van der Waals surface area contributed by atoms with Crippen LogP contribution in [0.1, 0.15) is 0 Å². The van der Waals surface area contributed by atoms with Gasteiger partial charge in [-0.05, 0) is 36.4 Å². The van der Waals surface area contributed by atoms with Gasteiger partial charge in [0.25, 0.3) is 4.19 Å². The van der Waals surface area contributed by atoms with Crippen molar-refractivity contribution in [2.75, 3.05) is 0 Å². The minimum atomic E-state index is 0. The summed E-state index contributed by atoms with van der Waals surface area (Å²) < 4.78 is 3.91. The van der Waals surface area contributed by atoms with Gasteiger partial charge in [0.1, 0.15) is 5.75 Å². The first-order valence-corrected chi connectivity index (χ1v) is 6.57. The van der Waals surface area contributed by atoms with Gasteiger partial charge in [0.2, 0.25) is 0 Å². The molecule has 0 aliphatic heterocycles. The third-order valence-electron chi connectivity index (χ3n) is 2.36. The molecule has 3 rings (SSSR count). The van der Waals surface area contributed by atoms with E-state index in [1.165, 1.54) is 19.2 Å². The molecule has 3 aromatic rings. The lowest BCUT2D eigenvalue weighted by molar-refractivity contribution is -0.00000392. The van der Waals surface area contributed by atoms with E-state index in [0.29, 0.717) is 5.75 Å². The first kappa shape index (κ1) is 12.3. The molecule has 0 aliphatic carbocycles. The van der Waals surface area contributed by atoms with Gasteiger partial charge in [-0.1, -0.05) is 12.1 Å². The van der Waals surface area contributed by atoms with Gasteiger partial charge in [-0.3, -0.25) is 0 Å². The van der Waals surface area contributed by atoms with Crippen LogP contribution in [0.5, 0.6) is 5.75 Å². The highest BCUT2D eigenvalue weighted by atomic mass is 35.5. The van der Waals surface area contributed by atoms with Gasteiger partial charge in [0, 0.05) is 5.56 Å². The van der Waals surface area contributed by atoms with Crippen molar-refractivity contribution in [2.45, 2.75) is 0 Å². The summed E-state index contributed by atoms with van der Waals surface area (Å²) in [6, 6.07) is 15.8. The lowest BCUT2D eigenvalue weighted by atomic mass is 10.2. The van der Waals surface area contributed by atoms with Crippen molar-refractivity contribution in [2.24, 2.45) is 0 Å². The molecule has 0 fully saturated rings. The van der Waals surface area contributed by atoms with Crippen LogP contribution in [0, 0.1) is 0 Å². The summed E-state index contributed by atoms with van der Waals surface area (Å²) in [5.74, 6) is 0.315. The average molecular weight is 281 g/mol. The number of fused-ring (bicyclic) bond motifs is 1. The van der Waals surface area contributed by atoms with E-state index in [-0.39, 0.29) is 12.4 Å². The Kier molecular flexibility index (Phi) is 3.62. The molecule has 0 radical (unpaired) electrons. The summed E-state index contributed by atoms with van der Waals surface area (Å²) in [6.45, 7) is 0. The van der Waals surface area contributed by atoms with Crippen LogP contribution >= 0.6 is 22.7 Å². The number of phenolic OH excluding ortho intramolecular Hbond substituents is 1. The Hall–Kier alpha value is -1.16. The SMILES string of the molecule is Oc1ccc(-c2sc3ccccc3[s+]2)cc1.[Cl-]. The van der Waals surface area contributed by atoms with Crippen LogP contribution in [0.3, 0.4) is 0 Å². The molecule has 4 heteroatoms. The van der Waals surface area contributed by atoms with Gasteiger partial charge < -0.3 is 17.5 Å². The quantitative estimate of drug-likeness (QED) is 0.672. The van der Waals surface area contributed by atoms with Crippen molar-refractivity contribution in [1.29, 1.82) is 0 Å². The largest absolute Gasteiger partial charge is 1.00 e. The van der Waals surface area contributed by atoms with Crippen molar-refractivity contribution in [3.63, 3.8) is 0 Å². The molecule has 1 nitrogen and oxygen atoms in total. The molecule has 0 aliphatic rings. The fourth-order valence-electron chi connectivity index (χ4n) is 1.55. The number of rotatable bonds is 1. The van der Waals surface area contributed by atoms with E-state index in [1.807, 2.05) is 12.1 Å². The van der Waals surface area contributed by atoms with E-state index in [1.54, 1.807) is 34.8 Å². The maximum Gasteiger partial charge on any atom is 0.286 e. The van der Waals surface area contributed by atoms with E-state index in [0.717, 1.165) is 0 Å². The highest BCUT2D eigenvalue weighted by Gasteiger charge is 2.16. The summed E-state index contributed by atoms with van der Waals surface area (Å²) in [7, 11) is 0. The summed E-state index contributed by atoms with van der Waals surface area (Å²) >= 11 is 3.59. The van der Waals surface area contributed by atoms with Crippen LogP contribution in [0.4, 0.5) is 0 Å².